The van der Waals surface area contributed by atoms with E-state index in [0.29, 0.717) is 24.0 Å². The lowest BCUT2D eigenvalue weighted by Gasteiger charge is -2.06. The van der Waals surface area contributed by atoms with Crippen molar-refractivity contribution in [3.05, 3.63) is 30.1 Å². The monoisotopic (exact) mass is 226 g/mol. The average Bonchev–Trinajstić information content (AvgIpc) is 2.58. The topological polar surface area (TPSA) is 38.0 Å². The van der Waals surface area contributed by atoms with E-state index in [1.807, 2.05) is 0 Å². The molecule has 1 aromatic carbocycles. The van der Waals surface area contributed by atoms with Crippen LogP contribution in [0.2, 0.25) is 0 Å². The third kappa shape index (κ3) is 2.04. The third-order valence-electron chi connectivity index (χ3n) is 2.45. The molecule has 0 spiro atoms. The first-order valence-corrected chi connectivity index (χ1v) is 5.06. The van der Waals surface area contributed by atoms with Gasteiger partial charge in [0.1, 0.15) is 0 Å². The maximum Gasteiger partial charge on any atom is 0.161 e. The van der Waals surface area contributed by atoms with E-state index in [1.165, 1.54) is 6.33 Å². The lowest BCUT2D eigenvalue weighted by molar-refractivity contribution is 0.178. The highest BCUT2D eigenvalue weighted by Crippen LogP contribution is 2.17. The molecule has 86 valence electrons. The first kappa shape index (κ1) is 11.0. The van der Waals surface area contributed by atoms with Gasteiger partial charge in [0, 0.05) is 18.7 Å². The zero-order valence-corrected chi connectivity index (χ0v) is 8.82. The second-order valence-electron chi connectivity index (χ2n) is 3.83. The number of imidazole rings is 1. The molecule has 0 saturated carbocycles. The Morgan fingerprint density at radius 2 is 2.06 bits per heavy atom. The van der Waals surface area contributed by atoms with Crippen LogP contribution in [-0.2, 0) is 6.54 Å². The minimum Gasteiger partial charge on any atom is -0.393 e. The van der Waals surface area contributed by atoms with Crippen LogP contribution >= 0.6 is 0 Å². The summed E-state index contributed by atoms with van der Waals surface area (Å²) in [6.45, 7) is 2.21. The molecule has 5 heteroatoms. The van der Waals surface area contributed by atoms with Crippen molar-refractivity contribution in [1.29, 1.82) is 0 Å². The molecule has 0 bridgehead atoms. The fourth-order valence-corrected chi connectivity index (χ4v) is 1.56. The smallest absolute Gasteiger partial charge is 0.161 e. The van der Waals surface area contributed by atoms with Crippen molar-refractivity contribution in [2.75, 3.05) is 0 Å². The molecule has 2 aromatic rings. The molecule has 1 heterocycles. The molecule has 0 saturated heterocycles. The van der Waals surface area contributed by atoms with Crippen molar-refractivity contribution >= 4 is 11.0 Å². The zero-order valence-electron chi connectivity index (χ0n) is 8.82. The lowest BCUT2D eigenvalue weighted by Crippen LogP contribution is -2.06. The summed E-state index contributed by atoms with van der Waals surface area (Å²) in [5, 5.41) is 9.15. The second-order valence-corrected chi connectivity index (χ2v) is 3.83. The van der Waals surface area contributed by atoms with Gasteiger partial charge in [-0.1, -0.05) is 0 Å². The van der Waals surface area contributed by atoms with Crippen LogP contribution < -0.4 is 0 Å². The van der Waals surface area contributed by atoms with E-state index in [-0.39, 0.29) is 0 Å². The molecule has 0 amide bonds. The van der Waals surface area contributed by atoms with E-state index in [9.17, 15) is 8.78 Å². The summed E-state index contributed by atoms with van der Waals surface area (Å²) in [4.78, 5) is 3.97. The molecule has 1 unspecified atom stereocenters. The molecular weight excluding hydrogens is 214 g/mol. The number of nitrogens with zero attached hydrogens (tertiary/aromatic N) is 2. The Kier molecular flexibility index (Phi) is 2.87. The summed E-state index contributed by atoms with van der Waals surface area (Å²) in [6.07, 6.45) is 1.64. The summed E-state index contributed by atoms with van der Waals surface area (Å²) in [7, 11) is 0. The number of hydrogen-bond donors (Lipinski definition) is 1. The number of rotatable bonds is 3. The first-order valence-electron chi connectivity index (χ1n) is 5.06. The van der Waals surface area contributed by atoms with Gasteiger partial charge in [0.05, 0.1) is 23.5 Å². The van der Waals surface area contributed by atoms with Gasteiger partial charge >= 0.3 is 0 Å². The molecular formula is C11H12F2N2O. The Hall–Kier alpha value is -1.49. The van der Waals surface area contributed by atoms with Crippen LogP contribution in [0.1, 0.15) is 13.3 Å². The van der Waals surface area contributed by atoms with Crippen molar-refractivity contribution in [3.63, 3.8) is 0 Å². The Balaban J connectivity index is 2.36. The van der Waals surface area contributed by atoms with E-state index >= 15 is 0 Å². The summed E-state index contributed by atoms with van der Waals surface area (Å²) in [6, 6.07) is 2.20. The van der Waals surface area contributed by atoms with E-state index in [4.69, 9.17) is 5.11 Å². The molecule has 2 rings (SSSR count). The second kappa shape index (κ2) is 4.17. The Bertz CT molecular complexity index is 508. The standard InChI is InChI=1S/C11H12F2N2O/c1-7(16)2-3-15-6-14-10-4-8(12)9(13)5-11(10)15/h4-7,16H,2-3H2,1H3. The van der Waals surface area contributed by atoms with Crippen molar-refractivity contribution in [2.45, 2.75) is 26.0 Å². The number of aromatic nitrogens is 2. The molecule has 0 radical (unpaired) electrons. The fourth-order valence-electron chi connectivity index (χ4n) is 1.56. The van der Waals surface area contributed by atoms with Crippen molar-refractivity contribution < 1.29 is 13.9 Å². The number of fused-ring (bicyclic) bond motifs is 1. The maximum atomic E-state index is 13.0. The summed E-state index contributed by atoms with van der Waals surface area (Å²) >= 11 is 0. The van der Waals surface area contributed by atoms with Gasteiger partial charge < -0.3 is 9.67 Å². The van der Waals surface area contributed by atoms with E-state index in [0.717, 1.165) is 12.1 Å². The van der Waals surface area contributed by atoms with Crippen molar-refractivity contribution in [1.82, 2.24) is 9.55 Å². The van der Waals surface area contributed by atoms with E-state index in [1.54, 1.807) is 11.5 Å². The maximum absolute atomic E-state index is 13.0. The van der Waals surface area contributed by atoms with Gasteiger partial charge in [-0.15, -0.1) is 0 Å². The van der Waals surface area contributed by atoms with Crippen LogP contribution in [0.4, 0.5) is 8.78 Å². The number of aliphatic hydroxyl groups excluding tert-OH is 1. The van der Waals surface area contributed by atoms with Gasteiger partial charge in [-0.25, -0.2) is 13.8 Å². The van der Waals surface area contributed by atoms with Crippen LogP contribution in [0.15, 0.2) is 18.5 Å². The Morgan fingerprint density at radius 1 is 1.38 bits per heavy atom. The highest BCUT2D eigenvalue weighted by atomic mass is 19.2. The molecule has 16 heavy (non-hydrogen) atoms. The Labute approximate surface area is 91.3 Å². The highest BCUT2D eigenvalue weighted by Gasteiger charge is 2.09. The Morgan fingerprint density at radius 3 is 2.75 bits per heavy atom. The summed E-state index contributed by atoms with van der Waals surface area (Å²) < 4.78 is 27.6. The molecule has 1 N–H and O–H groups in total. The van der Waals surface area contributed by atoms with Crippen molar-refractivity contribution in [2.24, 2.45) is 0 Å². The van der Waals surface area contributed by atoms with Crippen LogP contribution in [0, 0.1) is 11.6 Å². The molecule has 3 nitrogen and oxygen atoms in total. The number of aryl methyl sites for hydroxylation is 1. The summed E-state index contributed by atoms with van der Waals surface area (Å²) in [5.41, 5.74) is 0.962. The normalized spacial score (nSPS) is 13.2. The van der Waals surface area contributed by atoms with Gasteiger partial charge in [-0.3, -0.25) is 0 Å². The van der Waals surface area contributed by atoms with Gasteiger partial charge in [-0.05, 0) is 13.3 Å². The number of hydrogen-bond acceptors (Lipinski definition) is 2. The van der Waals surface area contributed by atoms with E-state index in [2.05, 4.69) is 4.98 Å². The van der Waals surface area contributed by atoms with Crippen LogP contribution in [-0.4, -0.2) is 20.8 Å². The van der Waals surface area contributed by atoms with Gasteiger partial charge in [0.15, 0.2) is 11.6 Å². The fraction of sp³-hybridized carbons (Fsp3) is 0.364. The molecule has 1 aromatic heterocycles. The van der Waals surface area contributed by atoms with Gasteiger partial charge in [-0.2, -0.15) is 0 Å². The minimum absolute atomic E-state index is 0.421. The minimum atomic E-state index is -0.895. The first-order chi connectivity index (χ1) is 7.58. The van der Waals surface area contributed by atoms with E-state index < -0.39 is 17.7 Å². The van der Waals surface area contributed by atoms with Gasteiger partial charge in [0.2, 0.25) is 0 Å². The zero-order chi connectivity index (χ0) is 11.7. The van der Waals surface area contributed by atoms with Gasteiger partial charge in [0.25, 0.3) is 0 Å². The summed E-state index contributed by atoms with van der Waals surface area (Å²) in [5.74, 6) is -1.78. The van der Waals surface area contributed by atoms with Crippen LogP contribution in [0.3, 0.4) is 0 Å². The van der Waals surface area contributed by atoms with Crippen molar-refractivity contribution in [3.8, 4) is 0 Å². The quantitative estimate of drug-likeness (QED) is 0.870. The lowest BCUT2D eigenvalue weighted by atomic mass is 10.2. The molecule has 0 fully saturated rings. The SMILES string of the molecule is CC(O)CCn1cnc2cc(F)c(F)cc21. The number of aliphatic hydroxyl groups is 1. The molecule has 0 aliphatic carbocycles. The van der Waals surface area contributed by atoms with Crippen LogP contribution in [0.5, 0.6) is 0 Å². The third-order valence-corrected chi connectivity index (χ3v) is 2.45. The number of halogens is 2. The number of benzene rings is 1. The highest BCUT2D eigenvalue weighted by molar-refractivity contribution is 5.75. The predicted molar refractivity (Wildman–Crippen MR) is 55.9 cm³/mol. The predicted octanol–water partition coefficient (Wildman–Crippen LogP) is 2.09. The molecule has 0 aliphatic heterocycles. The molecule has 0 aliphatic rings. The molecule has 1 atom stereocenters. The largest absolute Gasteiger partial charge is 0.393 e. The van der Waals surface area contributed by atoms with Crippen LogP contribution in [0.25, 0.3) is 11.0 Å². The average molecular weight is 226 g/mol.